The summed E-state index contributed by atoms with van der Waals surface area (Å²) in [6, 6.07) is 7.23. The van der Waals surface area contributed by atoms with E-state index >= 15 is 0 Å². The SMILES string of the molecule is CCCNC(=O)[C@@H]1CCCN(C(=O)Nc2cccc(OCCC)c2)C1. The fourth-order valence-electron chi connectivity index (χ4n) is 2.85. The Morgan fingerprint density at radius 2 is 2.12 bits per heavy atom. The van der Waals surface area contributed by atoms with Gasteiger partial charge in [-0.2, -0.15) is 0 Å². The molecule has 1 aliphatic heterocycles. The second-order valence-corrected chi connectivity index (χ2v) is 6.38. The van der Waals surface area contributed by atoms with Gasteiger partial charge in [-0.05, 0) is 37.8 Å². The molecule has 1 aliphatic rings. The van der Waals surface area contributed by atoms with Gasteiger partial charge in [-0.25, -0.2) is 4.79 Å². The van der Waals surface area contributed by atoms with Gasteiger partial charge in [0.05, 0.1) is 12.5 Å². The summed E-state index contributed by atoms with van der Waals surface area (Å²) in [7, 11) is 0. The number of carbonyl (C=O) groups is 2. The second kappa shape index (κ2) is 9.91. The molecule has 1 aromatic rings. The molecule has 0 bridgehead atoms. The number of benzene rings is 1. The number of amides is 3. The molecule has 3 amide bonds. The van der Waals surface area contributed by atoms with Crippen LogP contribution in [0.1, 0.15) is 39.5 Å². The van der Waals surface area contributed by atoms with Crippen molar-refractivity contribution >= 4 is 17.6 Å². The highest BCUT2D eigenvalue weighted by atomic mass is 16.5. The average Bonchev–Trinajstić information content (AvgIpc) is 2.64. The molecule has 25 heavy (non-hydrogen) atoms. The molecule has 2 N–H and O–H groups in total. The average molecular weight is 347 g/mol. The van der Waals surface area contributed by atoms with Gasteiger partial charge in [0.15, 0.2) is 0 Å². The second-order valence-electron chi connectivity index (χ2n) is 6.38. The van der Waals surface area contributed by atoms with Crippen molar-refractivity contribution in [3.05, 3.63) is 24.3 Å². The van der Waals surface area contributed by atoms with E-state index in [1.54, 1.807) is 4.90 Å². The van der Waals surface area contributed by atoms with E-state index in [-0.39, 0.29) is 17.9 Å². The quantitative estimate of drug-likeness (QED) is 0.795. The number of hydrogen-bond donors (Lipinski definition) is 2. The molecular formula is C19H29N3O3. The van der Waals surface area contributed by atoms with Crippen LogP contribution in [0.4, 0.5) is 10.5 Å². The number of piperidine rings is 1. The highest BCUT2D eigenvalue weighted by molar-refractivity contribution is 5.90. The van der Waals surface area contributed by atoms with E-state index in [1.807, 2.05) is 31.2 Å². The molecule has 138 valence electrons. The molecule has 0 radical (unpaired) electrons. The number of ether oxygens (including phenoxy) is 1. The van der Waals surface area contributed by atoms with Crippen LogP contribution >= 0.6 is 0 Å². The van der Waals surface area contributed by atoms with Crippen LogP contribution in [0.25, 0.3) is 0 Å². The number of carbonyl (C=O) groups excluding carboxylic acids is 2. The maximum absolute atomic E-state index is 12.5. The Balaban J connectivity index is 1.90. The number of hydrogen-bond acceptors (Lipinski definition) is 3. The van der Waals surface area contributed by atoms with Crippen LogP contribution in [0, 0.1) is 5.92 Å². The molecule has 1 heterocycles. The summed E-state index contributed by atoms with van der Waals surface area (Å²) >= 11 is 0. The normalized spacial score (nSPS) is 17.0. The molecule has 1 aromatic carbocycles. The summed E-state index contributed by atoms with van der Waals surface area (Å²) < 4.78 is 5.59. The summed E-state index contributed by atoms with van der Waals surface area (Å²) in [4.78, 5) is 26.4. The van der Waals surface area contributed by atoms with Gasteiger partial charge in [-0.3, -0.25) is 4.79 Å². The zero-order valence-corrected chi connectivity index (χ0v) is 15.2. The Kier molecular flexibility index (Phi) is 7.57. The molecule has 0 unspecified atom stereocenters. The molecule has 1 atom stereocenters. The van der Waals surface area contributed by atoms with Crippen molar-refractivity contribution in [1.29, 1.82) is 0 Å². The standard InChI is InChI=1S/C19H29N3O3/c1-3-10-20-18(23)15-7-6-11-22(14-15)19(24)21-16-8-5-9-17(13-16)25-12-4-2/h5,8-9,13,15H,3-4,6-7,10-12,14H2,1-2H3,(H,20,23)(H,21,24)/t15-/m1/s1. The Labute approximate surface area is 149 Å². The Bertz CT molecular complexity index is 577. The minimum atomic E-state index is -0.166. The van der Waals surface area contributed by atoms with E-state index in [4.69, 9.17) is 4.74 Å². The van der Waals surface area contributed by atoms with E-state index in [0.717, 1.165) is 31.4 Å². The van der Waals surface area contributed by atoms with Gasteiger partial charge in [-0.15, -0.1) is 0 Å². The molecule has 6 nitrogen and oxygen atoms in total. The van der Waals surface area contributed by atoms with Gasteiger partial charge >= 0.3 is 6.03 Å². The Morgan fingerprint density at radius 3 is 2.88 bits per heavy atom. The smallest absolute Gasteiger partial charge is 0.321 e. The largest absolute Gasteiger partial charge is 0.494 e. The maximum Gasteiger partial charge on any atom is 0.321 e. The third-order valence-electron chi connectivity index (χ3n) is 4.19. The van der Waals surface area contributed by atoms with Crippen molar-refractivity contribution in [2.45, 2.75) is 39.5 Å². The van der Waals surface area contributed by atoms with Crippen molar-refractivity contribution in [1.82, 2.24) is 10.2 Å². The highest BCUT2D eigenvalue weighted by Crippen LogP contribution is 2.20. The van der Waals surface area contributed by atoms with Crippen LogP contribution in [0.2, 0.25) is 0 Å². The topological polar surface area (TPSA) is 70.7 Å². The molecule has 2 rings (SSSR count). The van der Waals surface area contributed by atoms with Gasteiger partial charge in [-0.1, -0.05) is 19.9 Å². The van der Waals surface area contributed by atoms with Crippen molar-refractivity contribution in [2.75, 3.05) is 31.6 Å². The molecule has 6 heteroatoms. The monoisotopic (exact) mass is 347 g/mol. The lowest BCUT2D eigenvalue weighted by Crippen LogP contribution is -2.47. The van der Waals surface area contributed by atoms with Crippen LogP contribution in [0.5, 0.6) is 5.75 Å². The molecule has 0 spiro atoms. The fourth-order valence-corrected chi connectivity index (χ4v) is 2.85. The summed E-state index contributed by atoms with van der Waals surface area (Å²) in [5.74, 6) is 0.676. The van der Waals surface area contributed by atoms with Crippen molar-refractivity contribution in [3.63, 3.8) is 0 Å². The lowest BCUT2D eigenvalue weighted by atomic mass is 9.97. The molecule has 0 aromatic heterocycles. The van der Waals surface area contributed by atoms with E-state index in [0.29, 0.717) is 31.9 Å². The van der Waals surface area contributed by atoms with Crippen molar-refractivity contribution in [3.8, 4) is 5.75 Å². The Morgan fingerprint density at radius 1 is 1.28 bits per heavy atom. The van der Waals surface area contributed by atoms with Crippen molar-refractivity contribution < 1.29 is 14.3 Å². The zero-order valence-electron chi connectivity index (χ0n) is 15.2. The number of nitrogens with zero attached hydrogens (tertiary/aromatic N) is 1. The lowest BCUT2D eigenvalue weighted by Gasteiger charge is -2.32. The van der Waals surface area contributed by atoms with Gasteiger partial charge in [0, 0.05) is 31.4 Å². The third kappa shape index (κ3) is 5.96. The minimum Gasteiger partial charge on any atom is -0.494 e. The number of nitrogens with one attached hydrogen (secondary N) is 2. The number of urea groups is 1. The van der Waals surface area contributed by atoms with Gasteiger partial charge in [0.2, 0.25) is 5.91 Å². The molecule has 1 fully saturated rings. The summed E-state index contributed by atoms with van der Waals surface area (Å²) in [5.41, 5.74) is 0.705. The van der Waals surface area contributed by atoms with E-state index < -0.39 is 0 Å². The number of rotatable bonds is 7. The number of anilines is 1. The number of likely N-dealkylation sites (tertiary alicyclic amines) is 1. The van der Waals surface area contributed by atoms with Crippen LogP contribution in [0.15, 0.2) is 24.3 Å². The zero-order chi connectivity index (χ0) is 18.1. The minimum absolute atomic E-state index is 0.0503. The van der Waals surface area contributed by atoms with Gasteiger partial charge in [0.1, 0.15) is 5.75 Å². The van der Waals surface area contributed by atoms with E-state index in [1.165, 1.54) is 0 Å². The highest BCUT2D eigenvalue weighted by Gasteiger charge is 2.28. The van der Waals surface area contributed by atoms with E-state index in [2.05, 4.69) is 17.6 Å². The predicted molar refractivity (Wildman–Crippen MR) is 98.8 cm³/mol. The summed E-state index contributed by atoms with van der Waals surface area (Å²) in [5, 5.41) is 5.83. The first kappa shape index (κ1) is 19.1. The molecule has 0 aliphatic carbocycles. The predicted octanol–water partition coefficient (Wildman–Crippen LogP) is 3.25. The van der Waals surface area contributed by atoms with Crippen LogP contribution < -0.4 is 15.4 Å². The first-order valence-electron chi connectivity index (χ1n) is 9.20. The summed E-state index contributed by atoms with van der Waals surface area (Å²) in [6.07, 6.45) is 3.53. The van der Waals surface area contributed by atoms with Crippen LogP contribution in [-0.2, 0) is 4.79 Å². The Hall–Kier alpha value is -2.24. The molecular weight excluding hydrogens is 318 g/mol. The first-order chi connectivity index (χ1) is 12.1. The third-order valence-corrected chi connectivity index (χ3v) is 4.19. The van der Waals surface area contributed by atoms with Crippen molar-refractivity contribution in [2.24, 2.45) is 5.92 Å². The summed E-state index contributed by atoms with van der Waals surface area (Å²) in [6.45, 7) is 6.56. The maximum atomic E-state index is 12.5. The van der Waals surface area contributed by atoms with Crippen LogP contribution in [0.3, 0.4) is 0 Å². The van der Waals surface area contributed by atoms with Gasteiger partial charge in [0.25, 0.3) is 0 Å². The lowest BCUT2D eigenvalue weighted by molar-refractivity contribution is -0.126. The molecule has 0 saturated carbocycles. The molecule has 1 saturated heterocycles. The van der Waals surface area contributed by atoms with E-state index in [9.17, 15) is 9.59 Å². The fraction of sp³-hybridized carbons (Fsp3) is 0.579. The van der Waals surface area contributed by atoms with Gasteiger partial charge < -0.3 is 20.3 Å². The first-order valence-corrected chi connectivity index (χ1v) is 9.20. The van der Waals surface area contributed by atoms with Crippen LogP contribution in [-0.4, -0.2) is 43.1 Å².